The number of hydrogen-bond donors (Lipinski definition) is 2. The van der Waals surface area contributed by atoms with Gasteiger partial charge in [-0.2, -0.15) is 0 Å². The van der Waals surface area contributed by atoms with Gasteiger partial charge in [-0.3, -0.25) is 4.79 Å². The van der Waals surface area contributed by atoms with E-state index in [0.29, 0.717) is 0 Å². The van der Waals surface area contributed by atoms with E-state index in [4.69, 9.17) is 5.73 Å². The number of nitrogen functional groups attached to an aromatic ring is 1. The summed E-state index contributed by atoms with van der Waals surface area (Å²) in [5.41, 5.74) is 4.69. The predicted octanol–water partition coefficient (Wildman–Crippen LogP) is 3.25. The zero-order valence-electron chi connectivity index (χ0n) is 10.5. The first kappa shape index (κ1) is 13.9. The van der Waals surface area contributed by atoms with E-state index in [-0.39, 0.29) is 16.8 Å². The van der Waals surface area contributed by atoms with Gasteiger partial charge in [-0.05, 0) is 31.2 Å². The van der Waals surface area contributed by atoms with Gasteiger partial charge in [0, 0.05) is 16.8 Å². The van der Waals surface area contributed by atoms with Crippen molar-refractivity contribution in [1.82, 2.24) is 0 Å². The summed E-state index contributed by atoms with van der Waals surface area (Å²) in [7, 11) is 0. The number of halogens is 3. The van der Waals surface area contributed by atoms with Crippen LogP contribution in [0.3, 0.4) is 0 Å². The van der Waals surface area contributed by atoms with Crippen LogP contribution in [0.4, 0.5) is 24.5 Å². The Labute approximate surface area is 113 Å². The summed E-state index contributed by atoms with van der Waals surface area (Å²) < 4.78 is 39.9. The van der Waals surface area contributed by atoms with Crippen molar-refractivity contribution in [2.24, 2.45) is 0 Å². The Balaban J connectivity index is 2.31. The van der Waals surface area contributed by atoms with Crippen molar-refractivity contribution in [3.8, 4) is 0 Å². The van der Waals surface area contributed by atoms with Gasteiger partial charge in [-0.25, -0.2) is 13.2 Å². The third-order valence-corrected chi connectivity index (χ3v) is 2.86. The minimum atomic E-state index is -1.02. The highest BCUT2D eigenvalue weighted by Crippen LogP contribution is 2.21. The van der Waals surface area contributed by atoms with Crippen LogP contribution in [0, 0.1) is 24.4 Å². The minimum Gasteiger partial charge on any atom is -0.394 e. The first-order chi connectivity index (χ1) is 9.40. The molecular formula is C14H11F3N2O. The summed E-state index contributed by atoms with van der Waals surface area (Å²) in [4.78, 5) is 11.9. The van der Waals surface area contributed by atoms with Crippen molar-refractivity contribution in [3.05, 3.63) is 58.9 Å². The Bertz CT molecular complexity index is 663. The topological polar surface area (TPSA) is 55.1 Å². The van der Waals surface area contributed by atoms with Crippen LogP contribution < -0.4 is 11.1 Å². The van der Waals surface area contributed by atoms with E-state index in [1.54, 1.807) is 0 Å². The Morgan fingerprint density at radius 2 is 1.70 bits per heavy atom. The van der Waals surface area contributed by atoms with Crippen LogP contribution >= 0.6 is 0 Å². The highest BCUT2D eigenvalue weighted by molar-refractivity contribution is 6.04. The number of carbonyl (C=O) groups excluding carboxylic acids is 1. The van der Waals surface area contributed by atoms with Gasteiger partial charge in [0.25, 0.3) is 5.91 Å². The molecule has 6 heteroatoms. The molecule has 3 nitrogen and oxygen atoms in total. The molecule has 0 bridgehead atoms. The number of benzene rings is 2. The van der Waals surface area contributed by atoms with Crippen LogP contribution in [-0.2, 0) is 0 Å². The SMILES string of the molecule is Cc1c(F)cccc1NC(=O)c1cc(F)c(N)c(F)c1. The molecule has 0 saturated heterocycles. The first-order valence-electron chi connectivity index (χ1n) is 5.71. The number of carbonyl (C=O) groups is 1. The lowest BCUT2D eigenvalue weighted by atomic mass is 10.1. The molecule has 0 fully saturated rings. The van der Waals surface area contributed by atoms with Crippen molar-refractivity contribution in [1.29, 1.82) is 0 Å². The van der Waals surface area contributed by atoms with Crippen LogP contribution in [0.25, 0.3) is 0 Å². The van der Waals surface area contributed by atoms with Gasteiger partial charge in [0.05, 0.1) is 0 Å². The fourth-order valence-electron chi connectivity index (χ4n) is 1.65. The number of rotatable bonds is 2. The molecule has 0 heterocycles. The normalized spacial score (nSPS) is 10.4. The Morgan fingerprint density at radius 1 is 1.10 bits per heavy atom. The number of nitrogens with one attached hydrogen (secondary N) is 1. The molecule has 0 aliphatic heterocycles. The molecule has 0 saturated carbocycles. The summed E-state index contributed by atoms with van der Waals surface area (Å²) >= 11 is 0. The van der Waals surface area contributed by atoms with Gasteiger partial charge in [0.1, 0.15) is 23.1 Å². The fraction of sp³-hybridized carbons (Fsp3) is 0.0714. The number of anilines is 2. The Morgan fingerprint density at radius 3 is 2.30 bits per heavy atom. The van der Waals surface area contributed by atoms with Crippen molar-refractivity contribution in [3.63, 3.8) is 0 Å². The largest absolute Gasteiger partial charge is 0.394 e. The lowest BCUT2D eigenvalue weighted by Gasteiger charge is -2.09. The molecule has 2 rings (SSSR count). The van der Waals surface area contributed by atoms with E-state index in [0.717, 1.165) is 12.1 Å². The van der Waals surface area contributed by atoms with Crippen LogP contribution in [0.1, 0.15) is 15.9 Å². The van der Waals surface area contributed by atoms with Gasteiger partial charge in [-0.1, -0.05) is 6.07 Å². The van der Waals surface area contributed by atoms with Crippen molar-refractivity contribution >= 4 is 17.3 Å². The lowest BCUT2D eigenvalue weighted by Crippen LogP contribution is -2.14. The molecule has 1 amide bonds. The maximum Gasteiger partial charge on any atom is 0.255 e. The van der Waals surface area contributed by atoms with E-state index in [1.807, 2.05) is 0 Å². The van der Waals surface area contributed by atoms with Crippen LogP contribution in [0.2, 0.25) is 0 Å². The Kier molecular flexibility index (Phi) is 3.65. The molecule has 2 aromatic carbocycles. The predicted molar refractivity (Wildman–Crippen MR) is 69.9 cm³/mol. The number of hydrogen-bond acceptors (Lipinski definition) is 2. The quantitative estimate of drug-likeness (QED) is 0.830. The first-order valence-corrected chi connectivity index (χ1v) is 5.71. The van der Waals surface area contributed by atoms with Crippen molar-refractivity contribution in [2.75, 3.05) is 11.1 Å². The Hall–Kier alpha value is -2.50. The summed E-state index contributed by atoms with van der Waals surface area (Å²) in [5, 5.41) is 2.39. The highest BCUT2D eigenvalue weighted by Gasteiger charge is 2.14. The zero-order valence-corrected chi connectivity index (χ0v) is 10.5. The van der Waals surface area contributed by atoms with E-state index >= 15 is 0 Å². The molecule has 20 heavy (non-hydrogen) atoms. The molecule has 0 spiro atoms. The van der Waals surface area contributed by atoms with Gasteiger partial charge in [0.15, 0.2) is 0 Å². The van der Waals surface area contributed by atoms with E-state index in [1.165, 1.54) is 25.1 Å². The van der Waals surface area contributed by atoms with Gasteiger partial charge in [-0.15, -0.1) is 0 Å². The molecule has 104 valence electrons. The molecule has 0 aromatic heterocycles. The van der Waals surface area contributed by atoms with Crippen LogP contribution in [0.15, 0.2) is 30.3 Å². The standard InChI is InChI=1S/C14H11F3N2O/c1-7-9(15)3-2-4-12(7)19-14(20)8-5-10(16)13(18)11(17)6-8/h2-6H,18H2,1H3,(H,19,20). The molecule has 2 aromatic rings. The average Bonchev–Trinajstić information content (AvgIpc) is 2.40. The maximum absolute atomic E-state index is 13.3. The van der Waals surface area contributed by atoms with Crippen LogP contribution in [-0.4, -0.2) is 5.91 Å². The second-order valence-corrected chi connectivity index (χ2v) is 4.22. The van der Waals surface area contributed by atoms with Gasteiger partial charge in [0.2, 0.25) is 0 Å². The molecule has 3 N–H and O–H groups in total. The zero-order chi connectivity index (χ0) is 14.9. The van der Waals surface area contributed by atoms with E-state index in [9.17, 15) is 18.0 Å². The van der Waals surface area contributed by atoms with Gasteiger partial charge < -0.3 is 11.1 Å². The van der Waals surface area contributed by atoms with Crippen LogP contribution in [0.5, 0.6) is 0 Å². The second kappa shape index (κ2) is 5.24. The molecule has 0 aliphatic carbocycles. The number of nitrogens with two attached hydrogens (primary N) is 1. The summed E-state index contributed by atoms with van der Waals surface area (Å²) in [6, 6.07) is 5.79. The minimum absolute atomic E-state index is 0.229. The molecule has 0 unspecified atom stereocenters. The molecule has 0 atom stereocenters. The monoisotopic (exact) mass is 280 g/mol. The highest BCUT2D eigenvalue weighted by atomic mass is 19.1. The van der Waals surface area contributed by atoms with E-state index < -0.39 is 29.0 Å². The fourth-order valence-corrected chi connectivity index (χ4v) is 1.65. The molecular weight excluding hydrogens is 269 g/mol. The number of amides is 1. The average molecular weight is 280 g/mol. The maximum atomic E-state index is 13.3. The summed E-state index contributed by atoms with van der Waals surface area (Å²) in [6.45, 7) is 1.48. The smallest absolute Gasteiger partial charge is 0.255 e. The lowest BCUT2D eigenvalue weighted by molar-refractivity contribution is 0.102. The third kappa shape index (κ3) is 2.59. The molecule has 0 aliphatic rings. The van der Waals surface area contributed by atoms with Crippen molar-refractivity contribution in [2.45, 2.75) is 6.92 Å². The summed E-state index contributed by atoms with van der Waals surface area (Å²) in [5.74, 6) is -3.29. The van der Waals surface area contributed by atoms with Gasteiger partial charge >= 0.3 is 0 Å². The molecule has 0 radical (unpaired) electrons. The third-order valence-electron chi connectivity index (χ3n) is 2.86. The second-order valence-electron chi connectivity index (χ2n) is 4.22. The van der Waals surface area contributed by atoms with E-state index in [2.05, 4.69) is 5.32 Å². The van der Waals surface area contributed by atoms with Crippen molar-refractivity contribution < 1.29 is 18.0 Å². The summed E-state index contributed by atoms with van der Waals surface area (Å²) in [6.07, 6.45) is 0.